The molecule has 104 valence electrons. The molecule has 1 rings (SSSR count). The highest BCUT2D eigenvalue weighted by Gasteiger charge is 2.40. The Balaban J connectivity index is 2.78. The lowest BCUT2D eigenvalue weighted by Gasteiger charge is -2.37. The maximum Gasteiger partial charge on any atom is 0.329 e. The van der Waals surface area contributed by atoms with Crippen molar-refractivity contribution >= 4 is 12.0 Å². The molecule has 1 aliphatic rings. The van der Waals surface area contributed by atoms with Gasteiger partial charge in [-0.25, -0.2) is 9.59 Å². The highest BCUT2D eigenvalue weighted by Crippen LogP contribution is 2.23. The molecule has 0 bridgehead atoms. The molecule has 0 aromatic rings. The van der Waals surface area contributed by atoms with Crippen molar-refractivity contribution in [1.82, 2.24) is 9.80 Å². The molecular weight excluding hydrogens is 232 g/mol. The summed E-state index contributed by atoms with van der Waals surface area (Å²) in [6.07, 6.45) is 2.09. The molecule has 1 aliphatic heterocycles. The van der Waals surface area contributed by atoms with E-state index in [0.717, 1.165) is 25.9 Å². The minimum Gasteiger partial charge on any atom is -0.480 e. The first-order valence-electron chi connectivity index (χ1n) is 6.64. The third-order valence-electron chi connectivity index (χ3n) is 3.88. The van der Waals surface area contributed by atoms with Crippen LogP contribution in [0.25, 0.3) is 0 Å². The summed E-state index contributed by atoms with van der Waals surface area (Å²) in [5.74, 6) is -0.412. The van der Waals surface area contributed by atoms with Crippen LogP contribution in [0.1, 0.15) is 40.5 Å². The van der Waals surface area contributed by atoms with E-state index in [0.29, 0.717) is 12.5 Å². The maximum atomic E-state index is 12.4. The van der Waals surface area contributed by atoms with Gasteiger partial charge in [-0.2, -0.15) is 0 Å². The number of likely N-dealkylation sites (N-methyl/N-ethyl adjacent to an activating group) is 1. The second-order valence-corrected chi connectivity index (χ2v) is 5.40. The fourth-order valence-electron chi connectivity index (χ4n) is 2.40. The number of rotatable bonds is 4. The van der Waals surface area contributed by atoms with Crippen molar-refractivity contribution < 1.29 is 14.7 Å². The number of likely N-dealkylation sites (tertiary alicyclic amines) is 1. The molecule has 0 aromatic heterocycles. The summed E-state index contributed by atoms with van der Waals surface area (Å²) in [6.45, 7) is 8.98. The number of hydrogen-bond donors (Lipinski definition) is 1. The molecule has 1 fully saturated rings. The van der Waals surface area contributed by atoms with E-state index in [9.17, 15) is 14.7 Å². The zero-order chi connectivity index (χ0) is 13.9. The molecule has 5 nitrogen and oxygen atoms in total. The summed E-state index contributed by atoms with van der Waals surface area (Å²) in [5, 5.41) is 9.22. The summed E-state index contributed by atoms with van der Waals surface area (Å²) in [6, 6.07) is -0.152. The van der Waals surface area contributed by atoms with Crippen LogP contribution in [0.15, 0.2) is 0 Å². The first kappa shape index (κ1) is 14.8. The van der Waals surface area contributed by atoms with Gasteiger partial charge in [-0.15, -0.1) is 0 Å². The van der Waals surface area contributed by atoms with E-state index < -0.39 is 11.5 Å². The molecule has 1 N–H and O–H groups in total. The van der Waals surface area contributed by atoms with Gasteiger partial charge >= 0.3 is 12.0 Å². The number of nitrogens with zero attached hydrogens (tertiary/aromatic N) is 2. The second-order valence-electron chi connectivity index (χ2n) is 5.40. The number of carbonyl (C=O) groups excluding carboxylic acids is 1. The fourth-order valence-corrected chi connectivity index (χ4v) is 2.40. The van der Waals surface area contributed by atoms with Crippen molar-refractivity contribution in [2.24, 2.45) is 5.92 Å². The maximum absolute atomic E-state index is 12.4. The van der Waals surface area contributed by atoms with Gasteiger partial charge in [-0.1, -0.05) is 13.3 Å². The Morgan fingerprint density at radius 3 is 2.39 bits per heavy atom. The molecule has 1 saturated heterocycles. The Kier molecular flexibility index (Phi) is 4.59. The first-order chi connectivity index (χ1) is 8.34. The number of carboxylic acid groups (broad SMARTS) is 1. The van der Waals surface area contributed by atoms with Crippen LogP contribution in [-0.2, 0) is 4.79 Å². The highest BCUT2D eigenvalue weighted by molar-refractivity contribution is 5.85. The minimum absolute atomic E-state index is 0.152. The van der Waals surface area contributed by atoms with Crippen LogP contribution in [0, 0.1) is 5.92 Å². The Morgan fingerprint density at radius 2 is 2.00 bits per heavy atom. The lowest BCUT2D eigenvalue weighted by Crippen LogP contribution is -2.56. The van der Waals surface area contributed by atoms with Crippen LogP contribution in [0.3, 0.4) is 0 Å². The van der Waals surface area contributed by atoms with Gasteiger partial charge in [0.05, 0.1) is 0 Å². The van der Waals surface area contributed by atoms with Crippen LogP contribution >= 0.6 is 0 Å². The predicted molar refractivity (Wildman–Crippen MR) is 69.5 cm³/mol. The van der Waals surface area contributed by atoms with Gasteiger partial charge in [-0.3, -0.25) is 0 Å². The molecule has 5 heteroatoms. The average Bonchev–Trinajstić information content (AvgIpc) is 2.77. The molecule has 0 saturated carbocycles. The van der Waals surface area contributed by atoms with Gasteiger partial charge in [0.2, 0.25) is 0 Å². The Hall–Kier alpha value is -1.26. The van der Waals surface area contributed by atoms with E-state index in [4.69, 9.17) is 0 Å². The van der Waals surface area contributed by atoms with Crippen LogP contribution in [0.4, 0.5) is 4.79 Å². The quantitative estimate of drug-likeness (QED) is 0.837. The normalized spacial score (nSPS) is 20.0. The SMILES string of the molecule is CCC1CCN(C(=O)N(CC)C(C)(C)C(=O)O)C1. The van der Waals surface area contributed by atoms with E-state index >= 15 is 0 Å². The monoisotopic (exact) mass is 256 g/mol. The Bertz CT molecular complexity index is 328. The van der Waals surface area contributed by atoms with Gasteiger partial charge in [0.25, 0.3) is 0 Å². The standard InChI is InChI=1S/C13H24N2O3/c1-5-10-7-8-14(9-10)12(18)15(6-2)13(3,4)11(16)17/h10H,5-9H2,1-4H3,(H,16,17). The van der Waals surface area contributed by atoms with Crippen molar-refractivity contribution in [2.75, 3.05) is 19.6 Å². The lowest BCUT2D eigenvalue weighted by molar-refractivity contribution is -0.147. The fraction of sp³-hybridized carbons (Fsp3) is 0.846. The third kappa shape index (κ3) is 2.76. The minimum atomic E-state index is -1.16. The van der Waals surface area contributed by atoms with E-state index in [1.807, 2.05) is 6.92 Å². The highest BCUT2D eigenvalue weighted by atomic mass is 16.4. The van der Waals surface area contributed by atoms with Crippen molar-refractivity contribution in [2.45, 2.75) is 46.1 Å². The summed E-state index contributed by atoms with van der Waals surface area (Å²) in [4.78, 5) is 26.8. The van der Waals surface area contributed by atoms with Gasteiger partial charge in [-0.05, 0) is 33.1 Å². The number of hydrogen-bond acceptors (Lipinski definition) is 2. The van der Waals surface area contributed by atoms with Gasteiger partial charge in [0.1, 0.15) is 5.54 Å². The molecule has 0 radical (unpaired) electrons. The third-order valence-corrected chi connectivity index (χ3v) is 3.88. The van der Waals surface area contributed by atoms with Gasteiger partial charge in [0.15, 0.2) is 0 Å². The molecular formula is C13H24N2O3. The Labute approximate surface area is 109 Å². The molecule has 0 aliphatic carbocycles. The molecule has 18 heavy (non-hydrogen) atoms. The Morgan fingerprint density at radius 1 is 1.39 bits per heavy atom. The lowest BCUT2D eigenvalue weighted by atomic mass is 10.0. The molecule has 0 aromatic carbocycles. The summed E-state index contributed by atoms with van der Waals surface area (Å²) in [5.41, 5.74) is -1.16. The predicted octanol–water partition coefficient (Wildman–Crippen LogP) is 2.02. The number of urea groups is 1. The number of carboxylic acids is 1. The number of carbonyl (C=O) groups is 2. The zero-order valence-corrected chi connectivity index (χ0v) is 11.8. The summed E-state index contributed by atoms with van der Waals surface area (Å²) < 4.78 is 0. The van der Waals surface area contributed by atoms with Crippen LogP contribution < -0.4 is 0 Å². The van der Waals surface area contributed by atoms with Crippen molar-refractivity contribution in [3.8, 4) is 0 Å². The van der Waals surface area contributed by atoms with E-state index in [-0.39, 0.29) is 6.03 Å². The van der Waals surface area contributed by atoms with Gasteiger partial charge in [0, 0.05) is 19.6 Å². The second kappa shape index (κ2) is 5.59. The van der Waals surface area contributed by atoms with Crippen molar-refractivity contribution in [3.05, 3.63) is 0 Å². The van der Waals surface area contributed by atoms with Crippen molar-refractivity contribution in [3.63, 3.8) is 0 Å². The molecule has 1 atom stereocenters. The van der Waals surface area contributed by atoms with Crippen molar-refractivity contribution in [1.29, 1.82) is 0 Å². The molecule has 1 heterocycles. The first-order valence-corrected chi connectivity index (χ1v) is 6.64. The molecule has 2 amide bonds. The molecule has 1 unspecified atom stereocenters. The smallest absolute Gasteiger partial charge is 0.329 e. The zero-order valence-electron chi connectivity index (χ0n) is 11.8. The summed E-state index contributed by atoms with van der Waals surface area (Å²) in [7, 11) is 0. The largest absolute Gasteiger partial charge is 0.480 e. The van der Waals surface area contributed by atoms with Gasteiger partial charge < -0.3 is 14.9 Å². The summed E-state index contributed by atoms with van der Waals surface area (Å²) >= 11 is 0. The number of amides is 2. The van der Waals surface area contributed by atoms with E-state index in [1.165, 1.54) is 4.90 Å². The number of aliphatic carboxylic acids is 1. The van der Waals surface area contributed by atoms with E-state index in [1.54, 1.807) is 18.7 Å². The molecule has 0 spiro atoms. The van der Waals surface area contributed by atoms with Crippen LogP contribution in [0.2, 0.25) is 0 Å². The topological polar surface area (TPSA) is 60.9 Å². The van der Waals surface area contributed by atoms with Crippen LogP contribution in [0.5, 0.6) is 0 Å². The van der Waals surface area contributed by atoms with E-state index in [2.05, 4.69) is 6.92 Å². The van der Waals surface area contributed by atoms with Crippen LogP contribution in [-0.4, -0.2) is 52.1 Å². The average molecular weight is 256 g/mol.